The first-order valence-corrected chi connectivity index (χ1v) is 43.0. The lowest BCUT2D eigenvalue weighted by molar-refractivity contribution is -0.143. The molecule has 24 N–H and O–H groups in total. The van der Waals surface area contributed by atoms with Crippen molar-refractivity contribution >= 4 is 106 Å². The number of nitrogens with two attached hydrogens (primary N) is 4. The van der Waals surface area contributed by atoms with Crippen LogP contribution in [0.15, 0.2) is 85.1 Å². The highest BCUT2D eigenvalue weighted by molar-refractivity contribution is 6.01. The van der Waals surface area contributed by atoms with Crippen molar-refractivity contribution in [2.24, 2.45) is 40.7 Å². The van der Waals surface area contributed by atoms with E-state index in [-0.39, 0.29) is 96.1 Å². The van der Waals surface area contributed by atoms with Gasteiger partial charge in [0.15, 0.2) is 0 Å². The van der Waals surface area contributed by atoms with Gasteiger partial charge in [0.25, 0.3) is 0 Å². The van der Waals surface area contributed by atoms with Gasteiger partial charge in [-0.2, -0.15) is 0 Å². The van der Waals surface area contributed by atoms with Gasteiger partial charge in [0, 0.05) is 55.9 Å². The molecule has 2 aliphatic rings. The molecule has 2 saturated heterocycles. The maximum absolute atomic E-state index is 15.2. The molecule has 38 nitrogen and oxygen atoms in total. The number of H-pyrrole nitrogens is 1. The summed E-state index contributed by atoms with van der Waals surface area (Å²) in [6.07, 6.45) is 4.39. The minimum absolute atomic E-state index is 0.0158. The number of fused-ring (bicyclic) bond motifs is 1. The van der Waals surface area contributed by atoms with Crippen LogP contribution in [0.5, 0.6) is 5.75 Å². The fraction of sp³-hybridized carbons (Fsp3) is 0.581. The highest BCUT2D eigenvalue weighted by atomic mass is 16.4. The van der Waals surface area contributed by atoms with Gasteiger partial charge in [-0.05, 0) is 169 Å². The van der Waals surface area contributed by atoms with Crippen molar-refractivity contribution in [2.45, 2.75) is 255 Å². The zero-order valence-corrected chi connectivity index (χ0v) is 72.0. The van der Waals surface area contributed by atoms with Crippen molar-refractivity contribution in [3.05, 3.63) is 102 Å². The number of carboxylic acids is 2. The lowest BCUT2D eigenvalue weighted by Crippen LogP contribution is -2.61. The summed E-state index contributed by atoms with van der Waals surface area (Å²) in [5.74, 6) is -15.7. The number of aromatic nitrogens is 1. The van der Waals surface area contributed by atoms with E-state index in [4.69, 9.17) is 22.9 Å². The number of unbranched alkanes of at least 4 members (excludes halogenated alkanes) is 3. The molecular formula is C86H129N19O19. The minimum atomic E-state index is -1.66. The van der Waals surface area contributed by atoms with E-state index in [1.165, 1.54) is 41.0 Å². The van der Waals surface area contributed by atoms with Crippen LogP contribution in [-0.4, -0.2) is 249 Å². The number of benzene rings is 3. The number of nitrogens with one attached hydrogen (secondary N) is 13. The van der Waals surface area contributed by atoms with E-state index < -0.39 is 217 Å². The number of phenols is 1. The highest BCUT2D eigenvalue weighted by Gasteiger charge is 2.44. The lowest BCUT2D eigenvalue weighted by Gasteiger charge is -2.32. The van der Waals surface area contributed by atoms with Crippen LogP contribution in [0, 0.1) is 17.8 Å². The van der Waals surface area contributed by atoms with E-state index in [1.54, 1.807) is 84.1 Å². The van der Waals surface area contributed by atoms with Crippen LogP contribution < -0.4 is 86.7 Å². The molecule has 38 heteroatoms. The molecule has 3 heterocycles. The Hall–Kier alpha value is -11.6. The monoisotopic (exact) mass is 1730 g/mol. The first-order chi connectivity index (χ1) is 59.2. The number of hydrogen-bond acceptors (Lipinski definition) is 21. The number of aromatic hydroxyl groups is 1. The minimum Gasteiger partial charge on any atom is -0.508 e. The van der Waals surface area contributed by atoms with Gasteiger partial charge in [-0.3, -0.25) is 71.9 Å². The SMILES string of the molecule is CC[C@H](C)[C@H](NC(=O)CNC(=O)[C@@H](NC(=O)[C@H](CCCCN)NC(=O)[C@H](CCCCN)NC(=O)CN)C(C)C)C(=O)N[C@@H](Cc1ccc(O)cc1)C(=O)N1CCC[C@H]1C(=O)N[C@@H](CCC(=O)O)C(=O)N[C@H](C(=O)N[C@@H](CCCCN)C(=O)N[C@@H](C)C(=O)N1CCC[C@H]1C(=O)N[C@@H](Cc1c[nH]c2ccccc12)C(=O)N[C@@H](Cc1ccccc1)C(=O)O)[C@@H](C)CC. The van der Waals surface area contributed by atoms with E-state index in [0.29, 0.717) is 74.6 Å². The van der Waals surface area contributed by atoms with Gasteiger partial charge in [-0.15, -0.1) is 0 Å². The molecule has 2 aliphatic heterocycles. The van der Waals surface area contributed by atoms with E-state index in [2.05, 4.69) is 68.8 Å². The molecule has 0 bridgehead atoms. The zero-order chi connectivity index (χ0) is 91.3. The van der Waals surface area contributed by atoms with Crippen molar-refractivity contribution in [1.82, 2.24) is 78.6 Å². The van der Waals surface area contributed by atoms with Crippen LogP contribution in [0.25, 0.3) is 10.9 Å². The van der Waals surface area contributed by atoms with Gasteiger partial charge >= 0.3 is 11.9 Å². The first kappa shape index (κ1) is 101. The molecule has 4 aromatic rings. The summed E-state index contributed by atoms with van der Waals surface area (Å²) in [6.45, 7) is 11.2. The Morgan fingerprint density at radius 1 is 0.444 bits per heavy atom. The lowest BCUT2D eigenvalue weighted by atomic mass is 9.96. The second-order valence-electron chi connectivity index (χ2n) is 32.3. The molecular weight excluding hydrogens is 1600 g/mol. The van der Waals surface area contributed by atoms with E-state index in [0.717, 1.165) is 10.9 Å². The predicted molar refractivity (Wildman–Crippen MR) is 459 cm³/mol. The normalized spacial score (nSPS) is 16.9. The predicted octanol–water partition coefficient (Wildman–Crippen LogP) is -0.604. The fourth-order valence-corrected chi connectivity index (χ4v) is 14.9. The molecule has 0 spiro atoms. The van der Waals surface area contributed by atoms with Gasteiger partial charge in [0.05, 0.1) is 13.1 Å². The van der Waals surface area contributed by atoms with Crippen LogP contribution in [0.2, 0.25) is 0 Å². The van der Waals surface area contributed by atoms with Crippen LogP contribution in [-0.2, 0) is 96.0 Å². The summed E-state index contributed by atoms with van der Waals surface area (Å²) in [5, 5.41) is 63.2. The van der Waals surface area contributed by atoms with Crippen molar-refractivity contribution in [2.75, 3.05) is 45.8 Å². The van der Waals surface area contributed by atoms with Crippen molar-refractivity contribution in [3.63, 3.8) is 0 Å². The number of para-hydroxylation sites is 1. The zero-order valence-electron chi connectivity index (χ0n) is 72.0. The molecule has 682 valence electrons. The number of amides is 14. The van der Waals surface area contributed by atoms with Gasteiger partial charge in [0.1, 0.15) is 84.3 Å². The molecule has 0 radical (unpaired) electrons. The van der Waals surface area contributed by atoms with E-state index in [9.17, 15) is 87.2 Å². The van der Waals surface area contributed by atoms with Gasteiger partial charge < -0.3 is 117 Å². The fourth-order valence-electron chi connectivity index (χ4n) is 14.9. The molecule has 0 aliphatic carbocycles. The number of nitrogens with zero attached hydrogens (tertiary/aromatic N) is 2. The summed E-state index contributed by atoms with van der Waals surface area (Å²) in [5.41, 5.74) is 25.3. The molecule has 3 aromatic carbocycles. The summed E-state index contributed by atoms with van der Waals surface area (Å²) < 4.78 is 0. The van der Waals surface area contributed by atoms with Gasteiger partial charge in [-0.25, -0.2) is 4.79 Å². The first-order valence-electron chi connectivity index (χ1n) is 43.0. The van der Waals surface area contributed by atoms with Crippen molar-refractivity contribution in [3.8, 4) is 5.75 Å². The van der Waals surface area contributed by atoms with Crippen molar-refractivity contribution < 1.29 is 92.0 Å². The summed E-state index contributed by atoms with van der Waals surface area (Å²) in [4.78, 5) is 230. The third kappa shape index (κ3) is 31.3. The number of rotatable bonds is 53. The average Bonchev–Trinajstić information content (AvgIpc) is 1.67. The van der Waals surface area contributed by atoms with Crippen molar-refractivity contribution in [1.29, 1.82) is 0 Å². The van der Waals surface area contributed by atoms with Crippen LogP contribution >= 0.6 is 0 Å². The number of aromatic amines is 1. The summed E-state index contributed by atoms with van der Waals surface area (Å²) in [7, 11) is 0. The third-order valence-corrected chi connectivity index (χ3v) is 22.5. The maximum Gasteiger partial charge on any atom is 0.326 e. The number of carboxylic acid groups (broad SMARTS) is 2. The van der Waals surface area contributed by atoms with Gasteiger partial charge in [0.2, 0.25) is 82.7 Å². The quantitative estimate of drug-likeness (QED) is 0.0245. The molecule has 6 rings (SSSR count). The second kappa shape index (κ2) is 51.5. The molecule has 14 amide bonds. The number of likely N-dealkylation sites (tertiary alicyclic amines) is 2. The topological polar surface area (TPSA) is 605 Å². The van der Waals surface area contributed by atoms with E-state index >= 15 is 4.79 Å². The molecule has 1 aromatic heterocycles. The van der Waals surface area contributed by atoms with Gasteiger partial charge in [-0.1, -0.05) is 115 Å². The number of carbonyl (C=O) groups excluding carboxylic acids is 14. The van der Waals surface area contributed by atoms with E-state index in [1.807, 2.05) is 18.2 Å². The highest BCUT2D eigenvalue weighted by Crippen LogP contribution is 2.26. The largest absolute Gasteiger partial charge is 0.508 e. The summed E-state index contributed by atoms with van der Waals surface area (Å²) >= 11 is 0. The number of aliphatic carboxylic acids is 2. The number of hydrogen-bond donors (Lipinski definition) is 20. The Bertz CT molecular complexity index is 4270. The Labute approximate surface area is 722 Å². The number of phenolic OH excluding ortho intramolecular Hbond substituents is 1. The average molecular weight is 1730 g/mol. The van der Waals surface area contributed by atoms with Crippen LogP contribution in [0.4, 0.5) is 0 Å². The Morgan fingerprint density at radius 3 is 1.43 bits per heavy atom. The Morgan fingerprint density at radius 2 is 0.895 bits per heavy atom. The molecule has 2 fully saturated rings. The molecule has 0 unspecified atom stereocenters. The smallest absolute Gasteiger partial charge is 0.326 e. The Balaban J connectivity index is 1.14. The van der Waals surface area contributed by atoms with Crippen LogP contribution in [0.3, 0.4) is 0 Å². The van der Waals surface area contributed by atoms with Crippen LogP contribution in [0.1, 0.15) is 174 Å². The standard InChI is InChI=1S/C86H129N19O19/c1-8-50(5)72(101-69(108)48-92-81(118)71(49(3)4)102-76(113)61(29-17-20-40-89)95-75(112)59(27-15-18-38-87)94-68(107)46-90)82(119)99-64(43-54-32-34-56(106)35-33-54)85(122)105-42-22-31-67(105)79(116)96-62(36-37-70(109)110)77(114)103-73(51(6)9-2)83(120)97-60(28-16-19-39-88)74(111)93-52(7)84(121)104-41-21-30-66(104)80(117)98-63(45-55-47-91-58-26-14-13-25-57(55)58)78(115)100-65(86(123)124)44-53-23-11-10-12-24-53/h10-14,23-26,32-35,47,49-52,59-67,71-73,91,106H,8-9,15-22,27-31,36-46,48,87-90H2,1-7H3,(H,92,118)(H,93,111)(H,94,107)(H,95,112)(H,96,116)(H,97,120)(H,98,117)(H,99,119)(H,100,115)(H,101,108)(H,102,113)(H,103,114)(H,109,110)(H,123,124)/t50-,51-,52-,59-,60-,61-,62-,63-,64-,65-,66-,67-,71-,72-,73-/m0/s1. The summed E-state index contributed by atoms with van der Waals surface area (Å²) in [6, 6.07) is 4.42. The molecule has 124 heavy (non-hydrogen) atoms. The number of carbonyl (C=O) groups is 16. The molecule has 0 saturated carbocycles. The second-order valence-corrected chi connectivity index (χ2v) is 32.3. The Kier molecular flexibility index (Phi) is 42.0. The maximum atomic E-state index is 15.2. The molecule has 15 atom stereocenters. The third-order valence-electron chi connectivity index (χ3n) is 22.5.